The molecule has 0 spiro atoms. The molecule has 1 aliphatic heterocycles. The van der Waals surface area contributed by atoms with E-state index in [0.717, 1.165) is 30.1 Å². The summed E-state index contributed by atoms with van der Waals surface area (Å²) in [4.78, 5) is 10.6. The smallest absolute Gasteiger partial charge is 0.158 e. The maximum atomic E-state index is 8.82. The lowest BCUT2D eigenvalue weighted by atomic mass is 10.1. The minimum atomic E-state index is 0.260. The van der Waals surface area contributed by atoms with Gasteiger partial charge in [0.15, 0.2) is 11.5 Å². The zero-order chi connectivity index (χ0) is 21.6. The molecular weight excluding hydrogens is 394 g/mol. The van der Waals surface area contributed by atoms with Crippen molar-refractivity contribution in [2.75, 3.05) is 32.1 Å². The molecule has 0 aliphatic carbocycles. The van der Waals surface area contributed by atoms with Crippen LogP contribution in [0.4, 0.5) is 11.6 Å². The summed E-state index contributed by atoms with van der Waals surface area (Å²) in [6, 6.07) is 10.1. The van der Waals surface area contributed by atoms with Crippen molar-refractivity contribution < 1.29 is 9.47 Å². The Morgan fingerprint density at radius 2 is 2.16 bits per heavy atom. The summed E-state index contributed by atoms with van der Waals surface area (Å²) in [7, 11) is 1.64. The molecule has 2 aromatic heterocycles. The predicted octanol–water partition coefficient (Wildman–Crippen LogP) is 3.35. The van der Waals surface area contributed by atoms with Gasteiger partial charge in [0, 0.05) is 23.7 Å². The lowest BCUT2D eigenvalue weighted by molar-refractivity contribution is 0.178. The van der Waals surface area contributed by atoms with Crippen LogP contribution in [0.15, 0.2) is 36.7 Å². The van der Waals surface area contributed by atoms with E-state index < -0.39 is 0 Å². The van der Waals surface area contributed by atoms with Gasteiger partial charge in [0.05, 0.1) is 25.2 Å². The highest BCUT2D eigenvalue weighted by Gasteiger charge is 2.23. The number of nitrogens with one attached hydrogen (secondary N) is 2. The SMILES string of the molecule is CCN1CCC[C@@H]1COc1ccc(-c2cc(Nc3cnc(C#N)cn3)n[nH]2)c(OC)c1. The molecule has 1 saturated heterocycles. The van der Waals surface area contributed by atoms with Crippen LogP contribution in [-0.2, 0) is 0 Å². The van der Waals surface area contributed by atoms with Crippen LogP contribution < -0.4 is 14.8 Å². The molecule has 1 atom stereocenters. The Kier molecular flexibility index (Phi) is 6.29. The highest BCUT2D eigenvalue weighted by molar-refractivity contribution is 5.71. The van der Waals surface area contributed by atoms with Crippen LogP contribution in [0.1, 0.15) is 25.5 Å². The van der Waals surface area contributed by atoms with E-state index in [1.165, 1.54) is 25.2 Å². The molecule has 0 radical (unpaired) electrons. The minimum Gasteiger partial charge on any atom is -0.496 e. The average molecular weight is 419 g/mol. The zero-order valence-corrected chi connectivity index (χ0v) is 17.6. The maximum absolute atomic E-state index is 8.82. The molecule has 0 amide bonds. The van der Waals surface area contributed by atoms with Crippen LogP contribution in [0.25, 0.3) is 11.3 Å². The van der Waals surface area contributed by atoms with E-state index in [9.17, 15) is 0 Å². The van der Waals surface area contributed by atoms with Gasteiger partial charge >= 0.3 is 0 Å². The molecule has 3 heterocycles. The van der Waals surface area contributed by atoms with Gasteiger partial charge in [0.2, 0.25) is 0 Å². The average Bonchev–Trinajstić information content (AvgIpc) is 3.47. The van der Waals surface area contributed by atoms with E-state index >= 15 is 0 Å². The molecular formula is C22H25N7O2. The van der Waals surface area contributed by atoms with Crippen LogP contribution in [0.2, 0.25) is 0 Å². The fraction of sp³-hybridized carbons (Fsp3) is 0.364. The van der Waals surface area contributed by atoms with Crippen LogP contribution in [-0.4, -0.2) is 57.9 Å². The summed E-state index contributed by atoms with van der Waals surface area (Å²) < 4.78 is 11.7. The summed E-state index contributed by atoms with van der Waals surface area (Å²) in [5, 5.41) is 19.2. The van der Waals surface area contributed by atoms with Gasteiger partial charge in [-0.2, -0.15) is 10.4 Å². The standard InChI is InChI=1S/C22H25N7O2/c1-3-29-8-4-5-16(29)14-31-17-6-7-18(20(9-17)30-2)19-10-21(28-27-19)26-22-13-24-15(11-23)12-25-22/h6-7,9-10,12-13,16H,3-5,8,14H2,1-2H3,(H2,25,26,27,28)/t16-/m1/s1. The number of nitrogens with zero attached hydrogens (tertiary/aromatic N) is 5. The molecule has 1 aliphatic rings. The van der Waals surface area contributed by atoms with Crippen LogP contribution in [0.3, 0.4) is 0 Å². The number of H-pyrrole nitrogens is 1. The number of ether oxygens (including phenoxy) is 2. The number of likely N-dealkylation sites (N-methyl/N-ethyl adjacent to an activating group) is 1. The number of benzene rings is 1. The highest BCUT2D eigenvalue weighted by Crippen LogP contribution is 2.33. The Balaban J connectivity index is 1.45. The van der Waals surface area contributed by atoms with Gasteiger partial charge < -0.3 is 14.8 Å². The van der Waals surface area contributed by atoms with Crippen LogP contribution in [0.5, 0.6) is 11.5 Å². The first-order chi connectivity index (χ1) is 15.2. The van der Waals surface area contributed by atoms with Gasteiger partial charge in [0.25, 0.3) is 0 Å². The number of hydrogen-bond acceptors (Lipinski definition) is 8. The maximum Gasteiger partial charge on any atom is 0.158 e. The first-order valence-electron chi connectivity index (χ1n) is 10.3. The number of likely N-dealkylation sites (tertiary alicyclic amines) is 1. The predicted molar refractivity (Wildman–Crippen MR) is 116 cm³/mol. The molecule has 31 heavy (non-hydrogen) atoms. The lowest BCUT2D eigenvalue weighted by Crippen LogP contribution is -2.33. The Hall–Kier alpha value is -3.64. The van der Waals surface area contributed by atoms with Crippen molar-refractivity contribution in [1.29, 1.82) is 5.26 Å². The number of methoxy groups -OCH3 is 1. The van der Waals surface area contributed by atoms with Gasteiger partial charge in [-0.15, -0.1) is 0 Å². The largest absolute Gasteiger partial charge is 0.496 e. The van der Waals surface area contributed by atoms with E-state index in [1.807, 2.05) is 30.3 Å². The summed E-state index contributed by atoms with van der Waals surface area (Å²) in [6.07, 6.45) is 5.30. The number of rotatable bonds is 8. The van der Waals surface area contributed by atoms with Crippen molar-refractivity contribution >= 4 is 11.6 Å². The molecule has 160 valence electrons. The zero-order valence-electron chi connectivity index (χ0n) is 17.6. The molecule has 4 rings (SSSR count). The van der Waals surface area contributed by atoms with E-state index in [1.54, 1.807) is 7.11 Å². The second kappa shape index (κ2) is 9.45. The van der Waals surface area contributed by atoms with Crippen molar-refractivity contribution in [3.05, 3.63) is 42.4 Å². The van der Waals surface area contributed by atoms with E-state index in [2.05, 4.69) is 37.3 Å². The van der Waals surface area contributed by atoms with Gasteiger partial charge in [-0.25, -0.2) is 9.97 Å². The number of hydrogen-bond donors (Lipinski definition) is 2. The molecule has 9 nitrogen and oxygen atoms in total. The molecule has 0 bridgehead atoms. The molecule has 3 aromatic rings. The number of anilines is 2. The van der Waals surface area contributed by atoms with E-state index in [0.29, 0.717) is 30.0 Å². The topological polar surface area (TPSA) is 112 Å². The Morgan fingerprint density at radius 1 is 1.26 bits per heavy atom. The third-order valence-corrected chi connectivity index (χ3v) is 5.41. The summed E-state index contributed by atoms with van der Waals surface area (Å²) in [5.41, 5.74) is 1.92. The number of aromatic nitrogens is 4. The first kappa shape index (κ1) is 20.6. The fourth-order valence-electron chi connectivity index (χ4n) is 3.78. The second-order valence-electron chi connectivity index (χ2n) is 7.29. The third-order valence-electron chi connectivity index (χ3n) is 5.41. The summed E-state index contributed by atoms with van der Waals surface area (Å²) in [6.45, 7) is 5.08. The van der Waals surface area contributed by atoms with Crippen molar-refractivity contribution in [2.24, 2.45) is 0 Å². The fourth-order valence-corrected chi connectivity index (χ4v) is 3.78. The van der Waals surface area contributed by atoms with Crippen molar-refractivity contribution in [3.63, 3.8) is 0 Å². The molecule has 9 heteroatoms. The second-order valence-corrected chi connectivity index (χ2v) is 7.29. The summed E-state index contributed by atoms with van der Waals surface area (Å²) in [5.74, 6) is 2.57. The van der Waals surface area contributed by atoms with Crippen LogP contribution >= 0.6 is 0 Å². The van der Waals surface area contributed by atoms with Crippen molar-refractivity contribution in [2.45, 2.75) is 25.8 Å². The molecule has 1 aromatic carbocycles. The Morgan fingerprint density at radius 3 is 2.90 bits per heavy atom. The molecule has 2 N–H and O–H groups in total. The van der Waals surface area contributed by atoms with Gasteiger partial charge in [0.1, 0.15) is 30.0 Å². The molecule has 0 unspecified atom stereocenters. The van der Waals surface area contributed by atoms with E-state index in [-0.39, 0.29) is 5.69 Å². The first-order valence-corrected chi connectivity index (χ1v) is 10.3. The molecule has 0 saturated carbocycles. The van der Waals surface area contributed by atoms with Crippen LogP contribution in [0, 0.1) is 11.3 Å². The number of nitriles is 1. The number of aromatic amines is 1. The highest BCUT2D eigenvalue weighted by atomic mass is 16.5. The Labute approximate surface area is 181 Å². The Bertz CT molecular complexity index is 1060. The van der Waals surface area contributed by atoms with Gasteiger partial charge in [-0.3, -0.25) is 10.00 Å². The molecule has 1 fully saturated rings. The van der Waals surface area contributed by atoms with E-state index in [4.69, 9.17) is 14.7 Å². The van der Waals surface area contributed by atoms with Gasteiger partial charge in [-0.1, -0.05) is 6.92 Å². The monoisotopic (exact) mass is 419 g/mol. The van der Waals surface area contributed by atoms with Crippen molar-refractivity contribution in [1.82, 2.24) is 25.1 Å². The van der Waals surface area contributed by atoms with Gasteiger partial charge in [-0.05, 0) is 38.1 Å². The normalized spacial score (nSPS) is 16.1. The third kappa shape index (κ3) is 4.75. The quantitative estimate of drug-likeness (QED) is 0.572. The minimum absolute atomic E-state index is 0.260. The van der Waals surface area contributed by atoms with Crippen molar-refractivity contribution in [3.8, 4) is 28.8 Å². The lowest BCUT2D eigenvalue weighted by Gasteiger charge is -2.23. The summed E-state index contributed by atoms with van der Waals surface area (Å²) >= 11 is 0.